The standard InChI is InChI=1S/C14H11N5O6S/c1-24-10-4-7(3-9(19(22)23)12(10)25-2)11(20)8(5-15)13(21)18-14-16-6-17-26-14/h3-4,6,20H,1-2H3,(H,16,17,18,21)/b11-8-. The molecule has 0 aliphatic carbocycles. The molecule has 1 aromatic heterocycles. The van der Waals surface area contributed by atoms with Crippen molar-refractivity contribution in [1.29, 1.82) is 5.26 Å². The van der Waals surface area contributed by atoms with E-state index in [2.05, 4.69) is 14.7 Å². The number of carbonyl (C=O) groups is 1. The summed E-state index contributed by atoms with van der Waals surface area (Å²) in [6.45, 7) is 0. The van der Waals surface area contributed by atoms with Crippen LogP contribution in [0.15, 0.2) is 24.0 Å². The summed E-state index contributed by atoms with van der Waals surface area (Å²) >= 11 is 0.872. The van der Waals surface area contributed by atoms with E-state index >= 15 is 0 Å². The van der Waals surface area contributed by atoms with Crippen molar-refractivity contribution in [3.8, 4) is 17.6 Å². The highest BCUT2D eigenvalue weighted by Crippen LogP contribution is 2.39. The first-order valence-corrected chi connectivity index (χ1v) is 7.52. The summed E-state index contributed by atoms with van der Waals surface area (Å²) in [5.74, 6) is -1.92. The third-order valence-electron chi connectivity index (χ3n) is 3.09. The Kier molecular flexibility index (Phi) is 5.66. The number of anilines is 1. The summed E-state index contributed by atoms with van der Waals surface area (Å²) in [6.07, 6.45) is 1.20. The first-order chi connectivity index (χ1) is 12.4. The van der Waals surface area contributed by atoms with E-state index in [1.807, 2.05) is 0 Å². The number of nitro benzene ring substituents is 1. The number of ether oxygens (including phenoxy) is 2. The summed E-state index contributed by atoms with van der Waals surface area (Å²) in [5.41, 5.74) is -1.34. The number of aliphatic hydroxyl groups is 1. The zero-order chi connectivity index (χ0) is 19.3. The molecule has 1 heterocycles. The maximum absolute atomic E-state index is 12.2. The number of nitro groups is 1. The predicted molar refractivity (Wildman–Crippen MR) is 89.9 cm³/mol. The van der Waals surface area contributed by atoms with Gasteiger partial charge in [0.1, 0.15) is 18.2 Å². The van der Waals surface area contributed by atoms with Crippen molar-refractivity contribution >= 4 is 34.0 Å². The molecular weight excluding hydrogens is 366 g/mol. The monoisotopic (exact) mass is 377 g/mol. The lowest BCUT2D eigenvalue weighted by molar-refractivity contribution is -0.385. The van der Waals surface area contributed by atoms with Gasteiger partial charge >= 0.3 is 5.69 Å². The fourth-order valence-corrected chi connectivity index (χ4v) is 2.39. The summed E-state index contributed by atoms with van der Waals surface area (Å²) in [4.78, 5) is 26.4. The number of hydrogen-bond acceptors (Lipinski definition) is 10. The SMILES string of the molecule is COc1cc(/C(O)=C(\C#N)C(=O)Nc2ncns2)cc([N+](=O)[O-])c1OC. The van der Waals surface area contributed by atoms with Crippen molar-refractivity contribution in [3.63, 3.8) is 0 Å². The number of hydrogen-bond donors (Lipinski definition) is 2. The molecule has 0 unspecified atom stereocenters. The largest absolute Gasteiger partial charge is 0.506 e. The molecule has 2 rings (SSSR count). The topological polar surface area (TPSA) is 160 Å². The number of nitriles is 1. The summed E-state index contributed by atoms with van der Waals surface area (Å²) < 4.78 is 13.6. The van der Waals surface area contributed by atoms with Crippen molar-refractivity contribution in [3.05, 3.63) is 39.7 Å². The van der Waals surface area contributed by atoms with E-state index in [1.54, 1.807) is 6.07 Å². The minimum absolute atomic E-state index is 0.0509. The number of benzene rings is 1. The molecule has 26 heavy (non-hydrogen) atoms. The molecule has 0 radical (unpaired) electrons. The van der Waals surface area contributed by atoms with Crippen LogP contribution in [-0.4, -0.2) is 39.5 Å². The van der Waals surface area contributed by atoms with Gasteiger partial charge in [-0.3, -0.25) is 20.2 Å². The number of rotatable bonds is 6. The van der Waals surface area contributed by atoms with Crippen LogP contribution in [0, 0.1) is 21.4 Å². The van der Waals surface area contributed by atoms with Crippen molar-refractivity contribution in [2.45, 2.75) is 0 Å². The molecule has 0 atom stereocenters. The van der Waals surface area contributed by atoms with Crippen LogP contribution < -0.4 is 14.8 Å². The van der Waals surface area contributed by atoms with Crippen LogP contribution in [0.2, 0.25) is 0 Å². The second-order valence-electron chi connectivity index (χ2n) is 4.52. The zero-order valence-electron chi connectivity index (χ0n) is 13.4. The maximum Gasteiger partial charge on any atom is 0.315 e. The molecule has 2 aromatic rings. The molecule has 0 aliphatic heterocycles. The van der Waals surface area contributed by atoms with Gasteiger partial charge in [0.15, 0.2) is 11.3 Å². The molecule has 0 saturated carbocycles. The Morgan fingerprint density at radius 2 is 2.15 bits per heavy atom. The van der Waals surface area contributed by atoms with Crippen LogP contribution in [0.4, 0.5) is 10.8 Å². The van der Waals surface area contributed by atoms with Gasteiger partial charge in [-0.15, -0.1) is 0 Å². The third kappa shape index (κ3) is 3.68. The van der Waals surface area contributed by atoms with Gasteiger partial charge in [-0.25, -0.2) is 4.98 Å². The van der Waals surface area contributed by atoms with Gasteiger partial charge in [0.05, 0.1) is 19.1 Å². The highest BCUT2D eigenvalue weighted by molar-refractivity contribution is 7.09. The first kappa shape index (κ1) is 18.6. The Balaban J connectivity index is 2.54. The van der Waals surface area contributed by atoms with Gasteiger partial charge in [-0.2, -0.15) is 9.64 Å². The van der Waals surface area contributed by atoms with Crippen molar-refractivity contribution < 1.29 is 24.3 Å². The number of amides is 1. The van der Waals surface area contributed by atoms with Gasteiger partial charge in [0, 0.05) is 23.2 Å². The summed E-state index contributed by atoms with van der Waals surface area (Å²) in [6, 6.07) is 3.73. The van der Waals surface area contributed by atoms with E-state index in [0.29, 0.717) is 0 Å². The molecule has 0 aliphatic rings. The summed E-state index contributed by atoms with van der Waals surface area (Å²) in [5, 5.41) is 33.2. The lowest BCUT2D eigenvalue weighted by Gasteiger charge is -2.11. The molecule has 0 saturated heterocycles. The highest BCUT2D eigenvalue weighted by Gasteiger charge is 2.25. The van der Waals surface area contributed by atoms with E-state index in [1.165, 1.54) is 26.6 Å². The molecule has 1 aromatic carbocycles. The van der Waals surface area contributed by atoms with E-state index in [0.717, 1.165) is 17.6 Å². The number of aliphatic hydroxyl groups excluding tert-OH is 1. The Bertz CT molecular complexity index is 919. The lowest BCUT2D eigenvalue weighted by Crippen LogP contribution is -2.15. The Morgan fingerprint density at radius 1 is 1.42 bits per heavy atom. The number of carbonyl (C=O) groups excluding carboxylic acids is 1. The number of nitrogens with one attached hydrogen (secondary N) is 1. The molecule has 0 fully saturated rings. The normalized spacial score (nSPS) is 11.1. The zero-order valence-corrected chi connectivity index (χ0v) is 14.2. The van der Waals surface area contributed by atoms with E-state index in [9.17, 15) is 25.3 Å². The second-order valence-corrected chi connectivity index (χ2v) is 5.30. The third-order valence-corrected chi connectivity index (χ3v) is 3.67. The van der Waals surface area contributed by atoms with Gasteiger partial charge in [-0.05, 0) is 6.07 Å². The van der Waals surface area contributed by atoms with Crippen LogP contribution >= 0.6 is 11.5 Å². The van der Waals surface area contributed by atoms with Gasteiger partial charge in [0.2, 0.25) is 10.9 Å². The molecule has 11 nitrogen and oxygen atoms in total. The van der Waals surface area contributed by atoms with Crippen LogP contribution in [0.25, 0.3) is 5.76 Å². The molecule has 12 heteroatoms. The fourth-order valence-electron chi connectivity index (χ4n) is 1.96. The quantitative estimate of drug-likeness (QED) is 0.252. The lowest BCUT2D eigenvalue weighted by atomic mass is 10.1. The van der Waals surface area contributed by atoms with E-state index in [4.69, 9.17) is 9.47 Å². The van der Waals surface area contributed by atoms with Crippen molar-refractivity contribution in [2.24, 2.45) is 0 Å². The Labute approximate surface area is 150 Å². The smallest absolute Gasteiger partial charge is 0.315 e. The molecule has 134 valence electrons. The Morgan fingerprint density at radius 3 is 2.65 bits per heavy atom. The van der Waals surface area contributed by atoms with Crippen molar-refractivity contribution in [1.82, 2.24) is 9.36 Å². The second kappa shape index (κ2) is 7.90. The Hall–Kier alpha value is -3.72. The molecule has 2 N–H and O–H groups in total. The fraction of sp³-hybridized carbons (Fsp3) is 0.143. The minimum Gasteiger partial charge on any atom is -0.506 e. The minimum atomic E-state index is -0.945. The summed E-state index contributed by atoms with van der Waals surface area (Å²) in [7, 11) is 2.47. The molecule has 0 spiro atoms. The molecular formula is C14H11N5O6S. The van der Waals surface area contributed by atoms with Crippen LogP contribution in [0.5, 0.6) is 11.5 Å². The average molecular weight is 377 g/mol. The molecule has 1 amide bonds. The van der Waals surface area contributed by atoms with Gasteiger partial charge in [-0.1, -0.05) is 0 Å². The highest BCUT2D eigenvalue weighted by atomic mass is 32.1. The van der Waals surface area contributed by atoms with E-state index < -0.39 is 27.9 Å². The van der Waals surface area contributed by atoms with Crippen LogP contribution in [0.1, 0.15) is 5.56 Å². The van der Waals surface area contributed by atoms with Crippen molar-refractivity contribution in [2.75, 3.05) is 19.5 Å². The number of nitrogens with zero attached hydrogens (tertiary/aromatic N) is 4. The number of methoxy groups -OCH3 is 2. The predicted octanol–water partition coefficient (Wildman–Crippen LogP) is 1.89. The maximum atomic E-state index is 12.2. The van der Waals surface area contributed by atoms with Gasteiger partial charge in [0.25, 0.3) is 5.91 Å². The van der Waals surface area contributed by atoms with Crippen LogP contribution in [-0.2, 0) is 4.79 Å². The van der Waals surface area contributed by atoms with Crippen LogP contribution in [0.3, 0.4) is 0 Å². The average Bonchev–Trinajstić information content (AvgIpc) is 3.13. The van der Waals surface area contributed by atoms with Gasteiger partial charge < -0.3 is 14.6 Å². The first-order valence-electron chi connectivity index (χ1n) is 6.75. The number of aromatic nitrogens is 2. The van der Waals surface area contributed by atoms with E-state index in [-0.39, 0.29) is 22.2 Å². The molecule has 0 bridgehead atoms.